The largest absolute Gasteiger partial charge is 0.503 e. The van der Waals surface area contributed by atoms with Crippen LogP contribution in [-0.4, -0.2) is 53.3 Å². The first-order valence-corrected chi connectivity index (χ1v) is 12.1. The summed E-state index contributed by atoms with van der Waals surface area (Å²) < 4.78 is 0. The third kappa shape index (κ3) is 16.4. The molecule has 0 heterocycles. The highest BCUT2D eigenvalue weighted by atomic mass is 35.5. The van der Waals surface area contributed by atoms with Crippen molar-refractivity contribution in [3.8, 4) is 0 Å². The van der Waals surface area contributed by atoms with Crippen LogP contribution in [0.2, 0.25) is 10.0 Å². The lowest BCUT2D eigenvalue weighted by atomic mass is 10.2. The van der Waals surface area contributed by atoms with Crippen LogP contribution in [0.3, 0.4) is 0 Å². The third-order valence-corrected chi connectivity index (χ3v) is 4.82. The molecular weight excluding hydrogens is 535 g/mol. The molecule has 0 saturated heterocycles. The molecule has 12 N–H and O–H groups in total. The Morgan fingerprint density at radius 1 is 0.658 bits per heavy atom. The number of nitrogens with one attached hydrogen (secondary N) is 2. The molecule has 0 radical (unpaired) electrons. The van der Waals surface area contributed by atoms with Crippen LogP contribution in [0.5, 0.6) is 0 Å². The summed E-state index contributed by atoms with van der Waals surface area (Å²) in [6.07, 6.45) is 1.85. The summed E-state index contributed by atoms with van der Waals surface area (Å²) in [5.74, 6) is 0.564. The van der Waals surface area contributed by atoms with Gasteiger partial charge in [0, 0.05) is 34.5 Å². The highest BCUT2D eigenvalue weighted by Gasteiger charge is 1.99. The monoisotopic (exact) mass is 566 g/mol. The summed E-state index contributed by atoms with van der Waals surface area (Å²) in [5, 5.41) is 21.1. The van der Waals surface area contributed by atoms with Crippen LogP contribution in [0.1, 0.15) is 25.7 Å². The molecule has 0 bridgehead atoms. The van der Waals surface area contributed by atoms with E-state index < -0.39 is 6.16 Å². The summed E-state index contributed by atoms with van der Waals surface area (Å²) in [7, 11) is 0. The Morgan fingerprint density at radius 3 is 1.29 bits per heavy atom. The standard InChI is InChI=1S/C22H30Cl2N10.CH2O3/c23-15-5-9-17(10-6-15)31-21(27)33-19(25)29-13-3-1-2-4-14-30-20(26)34-22(28)32-18-11-7-16(24)8-12-18;2-1(3)4/h5-12H,1-4,13-14H2,(H5,25,27,29,31,33)(H5,26,28,30,32,34);(H2,2,3,4). The topological polar surface area (TPSA) is 235 Å². The number of hydrogen-bond acceptors (Lipinski definition) is 3. The summed E-state index contributed by atoms with van der Waals surface area (Å²) in [4.78, 5) is 25.0. The van der Waals surface area contributed by atoms with Gasteiger partial charge < -0.3 is 43.8 Å². The molecule has 0 aromatic heterocycles. The van der Waals surface area contributed by atoms with Crippen molar-refractivity contribution in [2.75, 3.05) is 23.7 Å². The van der Waals surface area contributed by atoms with E-state index in [1.54, 1.807) is 48.5 Å². The van der Waals surface area contributed by atoms with E-state index in [1.807, 2.05) is 0 Å². The van der Waals surface area contributed by atoms with Crippen molar-refractivity contribution in [3.05, 3.63) is 58.6 Å². The van der Waals surface area contributed by atoms with Gasteiger partial charge in [0.1, 0.15) is 0 Å². The number of nitrogens with two attached hydrogens (primary N) is 4. The Balaban J connectivity index is 0.00000168. The molecule has 15 heteroatoms. The summed E-state index contributed by atoms with van der Waals surface area (Å²) >= 11 is 11.7. The summed E-state index contributed by atoms with van der Waals surface area (Å²) in [6, 6.07) is 14.1. The van der Waals surface area contributed by atoms with E-state index in [-0.39, 0.29) is 23.8 Å². The average molecular weight is 567 g/mol. The first-order chi connectivity index (χ1) is 18.0. The Hall–Kier alpha value is -4.23. The Morgan fingerprint density at radius 2 is 0.974 bits per heavy atom. The fourth-order valence-corrected chi connectivity index (χ4v) is 2.95. The lowest BCUT2D eigenvalue weighted by molar-refractivity contribution is 0.137. The number of carboxylic acid groups (broad SMARTS) is 2. The van der Waals surface area contributed by atoms with Gasteiger partial charge >= 0.3 is 6.16 Å². The Labute approximate surface area is 230 Å². The van der Waals surface area contributed by atoms with Crippen molar-refractivity contribution in [1.29, 1.82) is 0 Å². The lowest BCUT2D eigenvalue weighted by Gasteiger charge is -2.05. The molecular formula is C23H32Cl2N10O3. The van der Waals surface area contributed by atoms with Crippen molar-refractivity contribution >= 4 is 64.6 Å². The van der Waals surface area contributed by atoms with Gasteiger partial charge in [0.25, 0.3) is 0 Å². The number of anilines is 2. The highest BCUT2D eigenvalue weighted by Crippen LogP contribution is 2.13. The van der Waals surface area contributed by atoms with Gasteiger partial charge in [-0.25, -0.2) is 4.79 Å². The third-order valence-electron chi connectivity index (χ3n) is 4.32. The van der Waals surface area contributed by atoms with Crippen molar-refractivity contribution in [2.24, 2.45) is 42.9 Å². The van der Waals surface area contributed by atoms with Crippen LogP contribution in [0.4, 0.5) is 16.2 Å². The molecule has 0 spiro atoms. The molecule has 0 fully saturated rings. The number of benzene rings is 2. The number of unbranched alkanes of at least 4 members (excludes halogenated alkanes) is 3. The molecule has 0 atom stereocenters. The molecule has 0 aliphatic rings. The maximum absolute atomic E-state index is 8.56. The van der Waals surface area contributed by atoms with Gasteiger partial charge in [-0.2, -0.15) is 9.98 Å². The number of rotatable bonds is 9. The predicted octanol–water partition coefficient (Wildman–Crippen LogP) is 3.56. The van der Waals surface area contributed by atoms with Gasteiger partial charge in [-0.3, -0.25) is 9.98 Å². The van der Waals surface area contributed by atoms with Crippen LogP contribution >= 0.6 is 23.2 Å². The smallest absolute Gasteiger partial charge is 0.450 e. The maximum Gasteiger partial charge on any atom is 0.503 e. The van der Waals surface area contributed by atoms with Gasteiger partial charge in [-0.1, -0.05) is 36.0 Å². The molecule has 2 rings (SSSR count). The van der Waals surface area contributed by atoms with E-state index in [0.29, 0.717) is 23.1 Å². The van der Waals surface area contributed by atoms with E-state index in [2.05, 4.69) is 30.6 Å². The van der Waals surface area contributed by atoms with Crippen molar-refractivity contribution in [2.45, 2.75) is 25.7 Å². The summed E-state index contributed by atoms with van der Waals surface area (Å²) in [5.41, 5.74) is 24.8. The first-order valence-electron chi connectivity index (χ1n) is 11.3. The Kier molecular flexibility index (Phi) is 15.1. The molecule has 0 aliphatic heterocycles. The summed E-state index contributed by atoms with van der Waals surface area (Å²) in [6.45, 7) is 1.12. The van der Waals surface area contributed by atoms with E-state index in [9.17, 15) is 0 Å². The molecule has 38 heavy (non-hydrogen) atoms. The minimum absolute atomic E-state index is 0.124. The molecule has 13 nitrogen and oxygen atoms in total. The number of halogens is 2. The zero-order chi connectivity index (χ0) is 28.3. The molecule has 206 valence electrons. The molecule has 0 aliphatic carbocycles. The second kappa shape index (κ2) is 18.1. The minimum atomic E-state index is -1.83. The zero-order valence-corrected chi connectivity index (χ0v) is 22.0. The highest BCUT2D eigenvalue weighted by molar-refractivity contribution is 6.31. The van der Waals surface area contributed by atoms with E-state index in [0.717, 1.165) is 37.1 Å². The molecule has 0 amide bonds. The second-order valence-electron chi connectivity index (χ2n) is 7.43. The minimum Gasteiger partial charge on any atom is -0.450 e. The number of nitrogens with zero attached hydrogens (tertiary/aromatic N) is 4. The SMILES string of the molecule is NC(=NCCCCCCN=C(N)N=C(N)Nc1ccc(Cl)cc1)N=C(N)Nc1ccc(Cl)cc1.O=C(O)O. The number of carbonyl (C=O) groups is 1. The first kappa shape index (κ1) is 31.8. The predicted molar refractivity (Wildman–Crippen MR) is 155 cm³/mol. The van der Waals surface area contributed by atoms with Gasteiger partial charge in [0.05, 0.1) is 0 Å². The van der Waals surface area contributed by atoms with E-state index >= 15 is 0 Å². The molecule has 2 aromatic carbocycles. The van der Waals surface area contributed by atoms with Gasteiger partial charge in [0.2, 0.25) is 23.8 Å². The van der Waals surface area contributed by atoms with Crippen molar-refractivity contribution in [3.63, 3.8) is 0 Å². The fourth-order valence-electron chi connectivity index (χ4n) is 2.70. The van der Waals surface area contributed by atoms with Crippen LogP contribution in [0.15, 0.2) is 68.5 Å². The normalized spacial score (nSPS) is 12.4. The molecule has 0 unspecified atom stereocenters. The Bertz CT molecular complexity index is 1030. The fraction of sp³-hybridized carbons (Fsp3) is 0.261. The molecule has 2 aromatic rings. The van der Waals surface area contributed by atoms with Gasteiger partial charge in [0.15, 0.2) is 0 Å². The van der Waals surface area contributed by atoms with E-state index in [1.165, 1.54) is 0 Å². The zero-order valence-electron chi connectivity index (χ0n) is 20.5. The number of hydrogen-bond donors (Lipinski definition) is 8. The number of guanidine groups is 4. The quantitative estimate of drug-likeness (QED) is 0.125. The van der Waals surface area contributed by atoms with Crippen LogP contribution in [0, 0.1) is 0 Å². The van der Waals surface area contributed by atoms with Crippen molar-refractivity contribution in [1.82, 2.24) is 0 Å². The average Bonchev–Trinajstić information content (AvgIpc) is 2.83. The van der Waals surface area contributed by atoms with Crippen LogP contribution < -0.4 is 33.6 Å². The van der Waals surface area contributed by atoms with Crippen LogP contribution in [-0.2, 0) is 0 Å². The van der Waals surface area contributed by atoms with E-state index in [4.69, 9.17) is 61.1 Å². The van der Waals surface area contributed by atoms with Crippen molar-refractivity contribution < 1.29 is 15.0 Å². The van der Waals surface area contributed by atoms with Gasteiger partial charge in [-0.05, 0) is 61.4 Å². The lowest BCUT2D eigenvalue weighted by Crippen LogP contribution is -2.26. The van der Waals surface area contributed by atoms with Gasteiger partial charge in [-0.15, -0.1) is 0 Å². The molecule has 0 saturated carbocycles. The van der Waals surface area contributed by atoms with Crippen LogP contribution in [0.25, 0.3) is 0 Å². The maximum atomic E-state index is 8.56. The number of aliphatic imine (C=N–C) groups is 4. The second-order valence-corrected chi connectivity index (χ2v) is 8.31.